The van der Waals surface area contributed by atoms with Crippen LogP contribution in [-0.2, 0) is 55.4 Å². The van der Waals surface area contributed by atoms with Crippen LogP contribution in [0.5, 0.6) is 0 Å². The van der Waals surface area contributed by atoms with Crippen LogP contribution in [0.25, 0.3) is 0 Å². The molecule has 19 heteroatoms. The molecule has 3 saturated heterocycles. The van der Waals surface area contributed by atoms with E-state index in [9.17, 15) is 19.1 Å². The summed E-state index contributed by atoms with van der Waals surface area (Å²) in [6.45, 7) is -0.461. The first-order valence-electron chi connectivity index (χ1n) is 12.2. The Morgan fingerprint density at radius 2 is 1.43 bits per heavy atom. The summed E-state index contributed by atoms with van der Waals surface area (Å²) < 4.78 is 79.9. The zero-order valence-corrected chi connectivity index (χ0v) is 23.8. The Hall–Kier alpha value is 0.175. The molecule has 2 N–H and O–H groups in total. The SMILES string of the molecule is BC1CC(OC)C(COP(=O)(OC)OC2C(COP(=O)(O)OC3CC(B)OC3COC)OC(B)C2O)O1. The average Bonchev–Trinajstić information content (AvgIpc) is 3.46. The van der Waals surface area contributed by atoms with Crippen LogP contribution in [-0.4, -0.2) is 135 Å². The minimum atomic E-state index is -4.56. The minimum absolute atomic E-state index is 0.0611. The van der Waals surface area contributed by atoms with Crippen molar-refractivity contribution >= 4 is 39.2 Å². The summed E-state index contributed by atoms with van der Waals surface area (Å²) in [6, 6.07) is -0.999. The van der Waals surface area contributed by atoms with E-state index in [4.69, 9.17) is 46.3 Å². The summed E-state index contributed by atoms with van der Waals surface area (Å²) in [7, 11) is 0.687. The summed E-state index contributed by atoms with van der Waals surface area (Å²) >= 11 is 0. The van der Waals surface area contributed by atoms with Gasteiger partial charge in [0.2, 0.25) is 0 Å². The number of methoxy groups -OCH3 is 2. The van der Waals surface area contributed by atoms with Gasteiger partial charge in [-0.15, -0.1) is 0 Å². The van der Waals surface area contributed by atoms with E-state index >= 15 is 0 Å². The number of hydrogen-bond acceptors (Lipinski definition) is 13. The number of aliphatic hydroxyl groups excluding tert-OH is 1. The Labute approximate surface area is 219 Å². The maximum absolute atomic E-state index is 13.2. The maximum atomic E-state index is 13.2. The topological polar surface area (TPSA) is 167 Å². The Morgan fingerprint density at radius 3 is 2.03 bits per heavy atom. The highest BCUT2D eigenvalue weighted by atomic mass is 31.2. The fourth-order valence-electron chi connectivity index (χ4n) is 4.65. The lowest BCUT2D eigenvalue weighted by molar-refractivity contribution is -0.0437. The van der Waals surface area contributed by atoms with Gasteiger partial charge in [-0.2, -0.15) is 0 Å². The molecule has 3 aliphatic heterocycles. The molecule has 3 aliphatic rings. The van der Waals surface area contributed by atoms with Crippen molar-refractivity contribution < 1.29 is 65.4 Å². The summed E-state index contributed by atoms with van der Waals surface area (Å²) in [5, 5.41) is 10.6. The zero-order valence-electron chi connectivity index (χ0n) is 22.0. The van der Waals surface area contributed by atoms with E-state index in [0.29, 0.717) is 12.8 Å². The van der Waals surface area contributed by atoms with Gasteiger partial charge in [-0.25, -0.2) is 9.13 Å². The van der Waals surface area contributed by atoms with E-state index in [2.05, 4.69) is 0 Å². The number of ether oxygens (including phenoxy) is 5. The van der Waals surface area contributed by atoms with Crippen molar-refractivity contribution in [1.82, 2.24) is 0 Å². The Morgan fingerprint density at radius 1 is 0.838 bits per heavy atom. The summed E-state index contributed by atoms with van der Waals surface area (Å²) in [6.07, 6.45) is -4.54. The van der Waals surface area contributed by atoms with E-state index in [0.717, 1.165) is 7.11 Å². The molecule has 0 radical (unpaired) electrons. The maximum Gasteiger partial charge on any atom is 0.475 e. The van der Waals surface area contributed by atoms with Crippen LogP contribution in [0.15, 0.2) is 0 Å². The Kier molecular flexibility index (Phi) is 11.7. The Bertz CT molecular complexity index is 829. The molecule has 0 aromatic carbocycles. The third-order valence-corrected chi connectivity index (χ3v) is 8.95. The normalized spacial score (nSPS) is 41.5. The predicted octanol–water partition coefficient (Wildman–Crippen LogP) is -2.48. The molecule has 0 aromatic rings. The molecule has 3 heterocycles. The first-order valence-corrected chi connectivity index (χ1v) is 15.2. The lowest BCUT2D eigenvalue weighted by Crippen LogP contribution is -2.37. The van der Waals surface area contributed by atoms with Crippen LogP contribution >= 0.6 is 15.6 Å². The molecule has 0 aromatic heterocycles. The quantitative estimate of drug-likeness (QED) is 0.166. The summed E-state index contributed by atoms with van der Waals surface area (Å²) in [5.74, 6) is 0. The fraction of sp³-hybridized carbons (Fsp3) is 1.00. The number of rotatable bonds is 14. The van der Waals surface area contributed by atoms with Gasteiger partial charge in [-0.05, 0) is 12.8 Å². The van der Waals surface area contributed by atoms with E-state index in [-0.39, 0.29) is 31.3 Å². The van der Waals surface area contributed by atoms with Crippen LogP contribution in [0.1, 0.15) is 12.8 Å². The van der Waals surface area contributed by atoms with Crippen molar-refractivity contribution in [3.63, 3.8) is 0 Å². The molecule has 12 atom stereocenters. The first-order chi connectivity index (χ1) is 17.4. The monoisotopic (exact) mass is 572 g/mol. The van der Waals surface area contributed by atoms with Gasteiger partial charge in [-0.1, -0.05) is 0 Å². The molecule has 0 bridgehead atoms. The highest BCUT2D eigenvalue weighted by molar-refractivity contribution is 7.48. The van der Waals surface area contributed by atoms with Crippen molar-refractivity contribution in [2.45, 2.75) is 73.6 Å². The van der Waals surface area contributed by atoms with Gasteiger partial charge in [0, 0.05) is 33.3 Å². The van der Waals surface area contributed by atoms with Gasteiger partial charge < -0.3 is 33.7 Å². The number of phosphoric ester groups is 2. The van der Waals surface area contributed by atoms with Gasteiger partial charge in [0.25, 0.3) is 0 Å². The molecule has 0 amide bonds. The Balaban J connectivity index is 1.59. The van der Waals surface area contributed by atoms with Crippen molar-refractivity contribution in [2.24, 2.45) is 0 Å². The summed E-state index contributed by atoms with van der Waals surface area (Å²) in [4.78, 5) is 10.3. The highest BCUT2D eigenvalue weighted by Gasteiger charge is 2.48. The van der Waals surface area contributed by atoms with E-state index in [1.54, 1.807) is 15.0 Å². The molecule has 212 valence electrons. The van der Waals surface area contributed by atoms with Crippen molar-refractivity contribution in [3.8, 4) is 0 Å². The van der Waals surface area contributed by atoms with Gasteiger partial charge in [0.05, 0.1) is 38.0 Å². The van der Waals surface area contributed by atoms with E-state index < -0.39 is 64.9 Å². The third kappa shape index (κ3) is 8.58. The zero-order chi connectivity index (χ0) is 27.4. The molecule has 0 saturated carbocycles. The molecule has 12 unspecified atom stereocenters. The van der Waals surface area contributed by atoms with Crippen molar-refractivity contribution in [2.75, 3.05) is 41.2 Å². The van der Waals surface area contributed by atoms with Gasteiger partial charge >= 0.3 is 15.6 Å². The number of hydrogen-bond donors (Lipinski definition) is 2. The molecule has 37 heavy (non-hydrogen) atoms. The lowest BCUT2D eigenvalue weighted by atomic mass is 9.93. The van der Waals surface area contributed by atoms with E-state index in [1.165, 1.54) is 7.11 Å². The molecular weight excluding hydrogens is 535 g/mol. The molecule has 3 rings (SSSR count). The van der Waals surface area contributed by atoms with Crippen molar-refractivity contribution in [3.05, 3.63) is 0 Å². The van der Waals surface area contributed by atoms with Crippen molar-refractivity contribution in [1.29, 1.82) is 0 Å². The minimum Gasteiger partial charge on any atom is -0.388 e. The predicted molar refractivity (Wildman–Crippen MR) is 136 cm³/mol. The number of aliphatic hydroxyl groups is 1. The van der Waals surface area contributed by atoms with Gasteiger partial charge in [0.15, 0.2) is 0 Å². The molecule has 14 nitrogen and oxygen atoms in total. The largest absolute Gasteiger partial charge is 0.475 e. The molecule has 0 spiro atoms. The van der Waals surface area contributed by atoms with Gasteiger partial charge in [0.1, 0.15) is 54.1 Å². The first kappa shape index (κ1) is 31.7. The van der Waals surface area contributed by atoms with Crippen LogP contribution in [0, 0.1) is 0 Å². The molecular formula is C18H37B3O14P2. The second kappa shape index (κ2) is 13.7. The van der Waals surface area contributed by atoms with Crippen LogP contribution in [0.4, 0.5) is 0 Å². The summed E-state index contributed by atoms with van der Waals surface area (Å²) in [5.41, 5.74) is 0. The third-order valence-electron chi connectivity index (χ3n) is 6.52. The lowest BCUT2D eigenvalue weighted by Gasteiger charge is -2.27. The average molecular weight is 572 g/mol. The second-order valence-corrected chi connectivity index (χ2v) is 12.6. The highest BCUT2D eigenvalue weighted by Crippen LogP contribution is 2.53. The second-order valence-electron chi connectivity index (χ2n) is 9.45. The van der Waals surface area contributed by atoms with Gasteiger partial charge in [-0.3, -0.25) is 22.6 Å². The molecule has 0 aliphatic carbocycles. The van der Waals surface area contributed by atoms with Crippen LogP contribution in [0.2, 0.25) is 0 Å². The molecule has 3 fully saturated rings. The van der Waals surface area contributed by atoms with Crippen LogP contribution in [0.3, 0.4) is 0 Å². The van der Waals surface area contributed by atoms with E-state index in [1.807, 2.05) is 15.7 Å². The van der Waals surface area contributed by atoms with Crippen LogP contribution < -0.4 is 0 Å². The fourth-order valence-corrected chi connectivity index (χ4v) is 6.75. The smallest absolute Gasteiger partial charge is 0.388 e. The number of phosphoric acid groups is 2. The standard InChI is InChI=1S/C18H37B3O14P2/c1-26-6-11-10(5-15(20)31-11)34-36(23,24)29-8-13-17(16(22)18(21)33-13)35-37(25,28-3)30-7-12-9(27-2)4-14(19)32-12/h9-18,22H,4-8,19-21H2,1-3H3,(H,23,24).